The molecule has 0 radical (unpaired) electrons. The van der Waals surface area contributed by atoms with Gasteiger partial charge in [0.2, 0.25) is 11.8 Å². The van der Waals surface area contributed by atoms with Crippen molar-refractivity contribution < 1.29 is 9.59 Å². The third kappa shape index (κ3) is 4.88. The molecule has 0 bridgehead atoms. The number of likely N-dealkylation sites (N-methyl/N-ethyl adjacent to an activating group) is 1. The van der Waals surface area contributed by atoms with Crippen LogP contribution in [0.3, 0.4) is 0 Å². The Kier molecular flexibility index (Phi) is 7.08. The van der Waals surface area contributed by atoms with Gasteiger partial charge in [-0.15, -0.1) is 11.3 Å². The van der Waals surface area contributed by atoms with E-state index >= 15 is 0 Å². The quantitative estimate of drug-likeness (QED) is 0.704. The fourth-order valence-electron chi connectivity index (χ4n) is 5.32. The second kappa shape index (κ2) is 9.77. The second-order valence-electron chi connectivity index (χ2n) is 9.03. The third-order valence-corrected chi connectivity index (χ3v) is 8.06. The molecule has 3 saturated heterocycles. The van der Waals surface area contributed by atoms with E-state index in [1.807, 2.05) is 17.5 Å². The van der Waals surface area contributed by atoms with Gasteiger partial charge in [-0.05, 0) is 64.3 Å². The Morgan fingerprint density at radius 1 is 1.23 bits per heavy atom. The Balaban J connectivity index is 1.32. The molecule has 3 aliphatic heterocycles. The number of hydrogen-bond acceptors (Lipinski definition) is 6. The van der Waals surface area contributed by atoms with Crippen LogP contribution in [0.15, 0.2) is 17.5 Å². The van der Waals surface area contributed by atoms with Crippen molar-refractivity contribution in [3.63, 3.8) is 0 Å². The molecule has 7 nitrogen and oxygen atoms in total. The Morgan fingerprint density at radius 2 is 2.03 bits per heavy atom. The van der Waals surface area contributed by atoms with Crippen LogP contribution in [-0.4, -0.2) is 91.0 Å². The highest BCUT2D eigenvalue weighted by molar-refractivity contribution is 7.09. The van der Waals surface area contributed by atoms with Crippen LogP contribution in [0, 0.1) is 0 Å². The predicted octanol–water partition coefficient (Wildman–Crippen LogP) is 1.11. The van der Waals surface area contributed by atoms with Crippen LogP contribution in [0.5, 0.6) is 0 Å². The Morgan fingerprint density at radius 3 is 2.77 bits per heavy atom. The normalized spacial score (nSPS) is 29.4. The van der Waals surface area contributed by atoms with Gasteiger partial charge < -0.3 is 15.5 Å². The van der Waals surface area contributed by atoms with Crippen LogP contribution in [0.2, 0.25) is 0 Å². The molecule has 1 aromatic rings. The molecule has 3 fully saturated rings. The topological polar surface area (TPSA) is 67.9 Å². The van der Waals surface area contributed by atoms with Crippen molar-refractivity contribution >= 4 is 23.2 Å². The van der Waals surface area contributed by atoms with E-state index in [2.05, 4.69) is 39.4 Å². The molecular weight excluding hydrogens is 398 g/mol. The number of carbonyl (C=O) groups is 2. The van der Waals surface area contributed by atoms with E-state index in [-0.39, 0.29) is 29.9 Å². The SMILES string of the molecule is CN1CCC(N2CCC3C2C(=O)NCC(CCC(=O)NCc2cccs2)N3C)CC1. The molecule has 30 heavy (non-hydrogen) atoms. The number of piperidine rings is 1. The average molecular weight is 434 g/mol. The summed E-state index contributed by atoms with van der Waals surface area (Å²) in [5.74, 6) is 0.260. The lowest BCUT2D eigenvalue weighted by Crippen LogP contribution is -2.54. The minimum atomic E-state index is -0.0546. The standard InChI is InChI=1S/C22H35N5O2S/c1-25-10-7-16(8-11-25)27-12-9-19-21(27)22(29)24-14-17(26(19)2)5-6-20(28)23-15-18-4-3-13-30-18/h3-4,13,16-17,19,21H,5-12,14-15H2,1-2H3,(H,23,28)(H,24,29). The van der Waals surface area contributed by atoms with Crippen molar-refractivity contribution in [2.45, 2.75) is 62.8 Å². The molecule has 0 aliphatic carbocycles. The van der Waals surface area contributed by atoms with Gasteiger partial charge in [0.1, 0.15) is 6.04 Å². The van der Waals surface area contributed by atoms with Crippen molar-refractivity contribution in [2.75, 3.05) is 40.3 Å². The maximum atomic E-state index is 13.0. The summed E-state index contributed by atoms with van der Waals surface area (Å²) < 4.78 is 0. The van der Waals surface area contributed by atoms with Crippen molar-refractivity contribution in [2.24, 2.45) is 0 Å². The number of carbonyl (C=O) groups excluding carboxylic acids is 2. The fraction of sp³-hybridized carbons (Fsp3) is 0.727. The molecule has 4 heterocycles. The maximum Gasteiger partial charge on any atom is 0.239 e. The second-order valence-corrected chi connectivity index (χ2v) is 10.1. The Hall–Kier alpha value is -1.48. The van der Waals surface area contributed by atoms with Crippen molar-refractivity contribution in [3.05, 3.63) is 22.4 Å². The molecule has 0 saturated carbocycles. The summed E-state index contributed by atoms with van der Waals surface area (Å²) in [6.45, 7) is 4.44. The van der Waals surface area contributed by atoms with Gasteiger partial charge in [-0.2, -0.15) is 0 Å². The van der Waals surface area contributed by atoms with Crippen molar-refractivity contribution in [1.82, 2.24) is 25.3 Å². The molecule has 1 aromatic heterocycles. The van der Waals surface area contributed by atoms with Gasteiger partial charge in [-0.3, -0.25) is 19.4 Å². The first-order valence-electron chi connectivity index (χ1n) is 11.3. The van der Waals surface area contributed by atoms with Gasteiger partial charge in [0.05, 0.1) is 6.54 Å². The molecular formula is C22H35N5O2S. The minimum Gasteiger partial charge on any atom is -0.353 e. The fourth-order valence-corrected chi connectivity index (χ4v) is 5.96. The maximum absolute atomic E-state index is 13.0. The number of amides is 2. The van der Waals surface area contributed by atoms with Gasteiger partial charge in [0, 0.05) is 42.5 Å². The predicted molar refractivity (Wildman–Crippen MR) is 119 cm³/mol. The lowest BCUT2D eigenvalue weighted by Gasteiger charge is -2.39. The number of nitrogens with one attached hydrogen (secondary N) is 2. The summed E-state index contributed by atoms with van der Waals surface area (Å²) in [6.07, 6.45) is 4.58. The number of nitrogens with zero attached hydrogens (tertiary/aromatic N) is 3. The molecule has 0 spiro atoms. The highest BCUT2D eigenvalue weighted by atomic mass is 32.1. The number of thiophene rings is 1. The molecule has 0 aromatic carbocycles. The van der Waals surface area contributed by atoms with E-state index in [0.29, 0.717) is 25.6 Å². The number of hydrogen-bond donors (Lipinski definition) is 2. The van der Waals surface area contributed by atoms with Gasteiger partial charge in [0.25, 0.3) is 0 Å². The first-order valence-corrected chi connectivity index (χ1v) is 12.1. The van der Waals surface area contributed by atoms with E-state index in [0.717, 1.165) is 45.3 Å². The summed E-state index contributed by atoms with van der Waals surface area (Å²) in [7, 11) is 4.32. The van der Waals surface area contributed by atoms with Crippen LogP contribution in [0.25, 0.3) is 0 Å². The van der Waals surface area contributed by atoms with Crippen LogP contribution in [-0.2, 0) is 16.1 Å². The Labute approximate surface area is 183 Å². The first-order chi connectivity index (χ1) is 14.5. The highest BCUT2D eigenvalue weighted by Gasteiger charge is 2.47. The van der Waals surface area contributed by atoms with E-state index in [1.54, 1.807) is 11.3 Å². The summed E-state index contributed by atoms with van der Waals surface area (Å²) in [5, 5.41) is 8.23. The molecule has 3 aliphatic rings. The lowest BCUT2D eigenvalue weighted by atomic mass is 10.0. The molecule has 2 amide bonds. The summed E-state index contributed by atoms with van der Waals surface area (Å²) >= 11 is 1.66. The van der Waals surface area contributed by atoms with E-state index in [9.17, 15) is 9.59 Å². The summed E-state index contributed by atoms with van der Waals surface area (Å²) in [5.41, 5.74) is 0. The zero-order chi connectivity index (χ0) is 21.1. The molecule has 4 rings (SSSR count). The summed E-state index contributed by atoms with van der Waals surface area (Å²) in [6, 6.07) is 4.94. The van der Waals surface area contributed by atoms with E-state index in [1.165, 1.54) is 4.88 Å². The zero-order valence-electron chi connectivity index (χ0n) is 18.2. The summed E-state index contributed by atoms with van der Waals surface area (Å²) in [4.78, 5) is 33.7. The number of likely N-dealkylation sites (tertiary alicyclic amines) is 2. The van der Waals surface area contributed by atoms with Crippen LogP contribution in [0.1, 0.15) is 37.0 Å². The van der Waals surface area contributed by atoms with Crippen molar-refractivity contribution in [1.29, 1.82) is 0 Å². The number of fused-ring (bicyclic) bond motifs is 1. The first kappa shape index (κ1) is 21.7. The van der Waals surface area contributed by atoms with E-state index in [4.69, 9.17) is 0 Å². The highest BCUT2D eigenvalue weighted by Crippen LogP contribution is 2.31. The molecule has 3 unspecified atom stereocenters. The smallest absolute Gasteiger partial charge is 0.239 e. The minimum absolute atomic E-state index is 0.0546. The zero-order valence-corrected chi connectivity index (χ0v) is 19.0. The van der Waals surface area contributed by atoms with Crippen LogP contribution in [0.4, 0.5) is 0 Å². The largest absolute Gasteiger partial charge is 0.353 e. The van der Waals surface area contributed by atoms with Gasteiger partial charge in [0.15, 0.2) is 0 Å². The van der Waals surface area contributed by atoms with Crippen molar-refractivity contribution in [3.8, 4) is 0 Å². The van der Waals surface area contributed by atoms with Gasteiger partial charge >= 0.3 is 0 Å². The van der Waals surface area contributed by atoms with Gasteiger partial charge in [-0.25, -0.2) is 0 Å². The average Bonchev–Trinajstić information content (AvgIpc) is 3.40. The monoisotopic (exact) mass is 433 g/mol. The lowest BCUT2D eigenvalue weighted by molar-refractivity contribution is -0.127. The molecule has 8 heteroatoms. The molecule has 3 atom stereocenters. The van der Waals surface area contributed by atoms with Crippen LogP contribution < -0.4 is 10.6 Å². The van der Waals surface area contributed by atoms with Gasteiger partial charge in [-0.1, -0.05) is 6.07 Å². The third-order valence-electron chi connectivity index (χ3n) is 7.19. The number of rotatable bonds is 6. The molecule has 166 valence electrons. The van der Waals surface area contributed by atoms with Crippen LogP contribution >= 0.6 is 11.3 Å². The van der Waals surface area contributed by atoms with E-state index < -0.39 is 0 Å². The molecule has 2 N–H and O–H groups in total. The Bertz CT molecular complexity index is 719.